The van der Waals surface area contributed by atoms with Crippen molar-refractivity contribution in [3.8, 4) is 0 Å². The summed E-state index contributed by atoms with van der Waals surface area (Å²) in [6, 6.07) is 0. The molecule has 0 heterocycles. The number of thiocarbonyl (C=S) groups is 2. The van der Waals surface area contributed by atoms with E-state index in [2.05, 4.69) is 12.2 Å². The fraction of sp³-hybridized carbons (Fsp3) is 0.600. The van der Waals surface area contributed by atoms with Gasteiger partial charge in [0.05, 0.1) is 0 Å². The van der Waals surface area contributed by atoms with Crippen LogP contribution in [0.4, 0.5) is 0 Å². The van der Waals surface area contributed by atoms with Gasteiger partial charge in [-0.05, 0) is 4.32 Å². The van der Waals surface area contributed by atoms with Crippen molar-refractivity contribution in [1.29, 1.82) is 0 Å². The minimum absolute atomic E-state index is 0. The van der Waals surface area contributed by atoms with Gasteiger partial charge in [-0.3, -0.25) is 0 Å². The SMILES string of the molecule is CC(CSC([NH-])=S)SC(N)=S.O.[Na+]. The minimum Gasteiger partial charge on any atom is -0.684 e. The van der Waals surface area contributed by atoms with Crippen molar-refractivity contribution in [2.75, 3.05) is 5.75 Å². The Bertz CT molecular complexity index is 169. The summed E-state index contributed by atoms with van der Waals surface area (Å²) in [6.07, 6.45) is 0. The fourth-order valence-corrected chi connectivity index (χ4v) is 2.38. The summed E-state index contributed by atoms with van der Waals surface area (Å²) in [7, 11) is 0. The van der Waals surface area contributed by atoms with Gasteiger partial charge in [0, 0.05) is 11.0 Å². The standard InChI is InChI=1S/C5H10N2S4.Na.H2O/c1-3(11-5(7)9)2-10-4(6)8;;/h3H,2H2,1H3,(H4,6,7,8,9);;1H2/q;+1;/p-1. The van der Waals surface area contributed by atoms with E-state index in [4.69, 9.17) is 23.7 Å². The molecule has 0 amide bonds. The van der Waals surface area contributed by atoms with Gasteiger partial charge >= 0.3 is 29.6 Å². The summed E-state index contributed by atoms with van der Waals surface area (Å²) in [5.74, 6) is 0.796. The average Bonchev–Trinajstić information content (AvgIpc) is 1.82. The van der Waals surface area contributed by atoms with E-state index in [-0.39, 0.29) is 39.4 Å². The maximum absolute atomic E-state index is 6.97. The number of hydrogen-bond donors (Lipinski definition) is 1. The quantitative estimate of drug-likeness (QED) is 0.502. The van der Waals surface area contributed by atoms with E-state index < -0.39 is 0 Å². The molecule has 0 saturated carbocycles. The van der Waals surface area contributed by atoms with Gasteiger partial charge in [0.1, 0.15) is 4.32 Å². The molecule has 0 spiro atoms. The van der Waals surface area contributed by atoms with Crippen LogP contribution < -0.4 is 35.3 Å². The van der Waals surface area contributed by atoms with Crippen LogP contribution in [-0.2, 0) is 0 Å². The van der Waals surface area contributed by atoms with Crippen LogP contribution in [0, 0.1) is 0 Å². The van der Waals surface area contributed by atoms with Crippen LogP contribution in [0.25, 0.3) is 5.73 Å². The molecule has 5 N–H and O–H groups in total. The topological polar surface area (TPSA) is 81.3 Å². The van der Waals surface area contributed by atoms with Crippen LogP contribution in [0.5, 0.6) is 0 Å². The molecule has 0 radical (unpaired) electrons. The van der Waals surface area contributed by atoms with E-state index in [0.717, 1.165) is 5.75 Å². The van der Waals surface area contributed by atoms with Crippen molar-refractivity contribution < 1.29 is 35.0 Å². The third-order valence-corrected chi connectivity index (χ3v) is 3.35. The number of nitrogens with two attached hydrogens (primary N) is 1. The van der Waals surface area contributed by atoms with Crippen LogP contribution in [0.15, 0.2) is 0 Å². The summed E-state index contributed by atoms with van der Waals surface area (Å²) in [6.45, 7) is 2.01. The molecule has 8 heteroatoms. The Balaban J connectivity index is -0.000000500. The van der Waals surface area contributed by atoms with Gasteiger partial charge < -0.3 is 16.9 Å². The first-order chi connectivity index (χ1) is 5.02. The largest absolute Gasteiger partial charge is 1.00 e. The van der Waals surface area contributed by atoms with Crippen LogP contribution in [0.3, 0.4) is 0 Å². The normalized spacial score (nSPS) is 10.5. The van der Waals surface area contributed by atoms with Gasteiger partial charge in [-0.2, -0.15) is 0 Å². The zero-order valence-electron chi connectivity index (χ0n) is 7.49. The molecule has 0 aromatic heterocycles. The first-order valence-corrected chi connectivity index (χ1v) is 5.55. The van der Waals surface area contributed by atoms with Crippen molar-refractivity contribution >= 4 is 56.6 Å². The van der Waals surface area contributed by atoms with Crippen LogP contribution in [-0.4, -0.2) is 25.1 Å². The first-order valence-electron chi connectivity index (χ1n) is 2.87. The van der Waals surface area contributed by atoms with Crippen LogP contribution in [0.2, 0.25) is 0 Å². The Labute approximate surface area is 120 Å². The smallest absolute Gasteiger partial charge is 0.684 e. The van der Waals surface area contributed by atoms with Crippen molar-refractivity contribution in [3.05, 3.63) is 5.73 Å². The Morgan fingerprint density at radius 3 is 2.31 bits per heavy atom. The predicted octanol–water partition coefficient (Wildman–Crippen LogP) is -1.40. The van der Waals surface area contributed by atoms with Crippen molar-refractivity contribution in [2.45, 2.75) is 12.2 Å². The maximum Gasteiger partial charge on any atom is 1.00 e. The molecule has 3 nitrogen and oxygen atoms in total. The monoisotopic (exact) mass is 266 g/mol. The zero-order valence-corrected chi connectivity index (χ0v) is 12.8. The van der Waals surface area contributed by atoms with Crippen molar-refractivity contribution in [2.24, 2.45) is 5.73 Å². The number of thioether (sulfide) groups is 2. The van der Waals surface area contributed by atoms with Gasteiger partial charge in [0.2, 0.25) is 0 Å². The molecular formula is C5H11N2NaOS4. The Hall–Kier alpha value is 1.44. The molecule has 72 valence electrons. The van der Waals surface area contributed by atoms with Crippen LogP contribution >= 0.6 is 48.0 Å². The molecule has 13 heavy (non-hydrogen) atoms. The maximum atomic E-state index is 6.97. The molecule has 0 bridgehead atoms. The molecule has 0 aliphatic heterocycles. The van der Waals surface area contributed by atoms with Crippen LogP contribution in [0.1, 0.15) is 6.92 Å². The van der Waals surface area contributed by atoms with E-state index in [9.17, 15) is 0 Å². The molecule has 0 rings (SSSR count). The third kappa shape index (κ3) is 16.1. The van der Waals surface area contributed by atoms with Crippen molar-refractivity contribution in [1.82, 2.24) is 0 Å². The fourth-order valence-electron chi connectivity index (χ4n) is 0.425. The molecule has 0 aromatic rings. The number of rotatable bonds is 3. The summed E-state index contributed by atoms with van der Waals surface area (Å²) in [4.78, 5) is 0. The van der Waals surface area contributed by atoms with E-state index >= 15 is 0 Å². The molecule has 0 aliphatic carbocycles. The Kier molecular flexibility index (Phi) is 17.7. The second-order valence-corrected chi connectivity index (χ2v) is 5.72. The van der Waals surface area contributed by atoms with Gasteiger partial charge in [0.25, 0.3) is 0 Å². The first kappa shape index (κ1) is 19.9. The molecule has 0 aliphatic rings. The summed E-state index contributed by atoms with van der Waals surface area (Å²) in [5.41, 5.74) is 12.3. The second-order valence-electron chi connectivity index (χ2n) is 1.85. The number of hydrogen-bond acceptors (Lipinski definition) is 4. The molecule has 0 saturated heterocycles. The van der Waals surface area contributed by atoms with Gasteiger partial charge in [-0.25, -0.2) is 0 Å². The van der Waals surface area contributed by atoms with E-state index in [1.165, 1.54) is 23.5 Å². The molecule has 0 fully saturated rings. The minimum atomic E-state index is 0. The molecule has 0 aromatic carbocycles. The Morgan fingerprint density at radius 1 is 1.54 bits per heavy atom. The van der Waals surface area contributed by atoms with Gasteiger partial charge in [0.15, 0.2) is 0 Å². The molecule has 1 atom stereocenters. The molecular weight excluding hydrogens is 255 g/mol. The summed E-state index contributed by atoms with van der Waals surface area (Å²) in [5, 5.41) is 0.334. The summed E-state index contributed by atoms with van der Waals surface area (Å²) < 4.78 is 0.675. The summed E-state index contributed by atoms with van der Waals surface area (Å²) >= 11 is 12.1. The van der Waals surface area contributed by atoms with Gasteiger partial charge in [-0.15, -0.1) is 11.8 Å². The van der Waals surface area contributed by atoms with E-state index in [0.29, 0.717) is 9.57 Å². The molecule has 1 unspecified atom stereocenters. The second kappa shape index (κ2) is 11.5. The predicted molar refractivity (Wildman–Crippen MR) is 66.8 cm³/mol. The zero-order chi connectivity index (χ0) is 8.85. The van der Waals surface area contributed by atoms with E-state index in [1.54, 1.807) is 0 Å². The number of nitrogens with one attached hydrogen (secondary N) is 1. The van der Waals surface area contributed by atoms with Crippen molar-refractivity contribution in [3.63, 3.8) is 0 Å². The Morgan fingerprint density at radius 2 is 2.00 bits per heavy atom. The van der Waals surface area contributed by atoms with E-state index in [1.807, 2.05) is 6.92 Å². The average molecular weight is 266 g/mol. The third-order valence-electron chi connectivity index (χ3n) is 0.766. The van der Waals surface area contributed by atoms with Gasteiger partial charge in [-0.1, -0.05) is 43.1 Å².